The van der Waals surface area contributed by atoms with Crippen LogP contribution in [0.1, 0.15) is 36.3 Å². The number of para-hydroxylation sites is 1. The third kappa shape index (κ3) is 2.64. The van der Waals surface area contributed by atoms with E-state index in [4.69, 9.17) is 14.3 Å². The van der Waals surface area contributed by atoms with Gasteiger partial charge in [0.05, 0.1) is 0 Å². The third-order valence-electron chi connectivity index (χ3n) is 3.19. The van der Waals surface area contributed by atoms with Gasteiger partial charge in [-0.3, -0.25) is 4.79 Å². The van der Waals surface area contributed by atoms with Crippen molar-refractivity contribution in [2.75, 3.05) is 0 Å². The normalized spacial score (nSPS) is 16.7. The van der Waals surface area contributed by atoms with E-state index in [0.29, 0.717) is 31.0 Å². The van der Waals surface area contributed by atoms with Crippen molar-refractivity contribution in [3.05, 3.63) is 41.6 Å². The first-order valence-corrected chi connectivity index (χ1v) is 6.51. The van der Waals surface area contributed by atoms with Crippen LogP contribution in [-0.4, -0.2) is 21.3 Å². The Morgan fingerprint density at radius 3 is 3.00 bits per heavy atom. The minimum absolute atomic E-state index is 0.100. The molecule has 1 N–H and O–H groups in total. The van der Waals surface area contributed by atoms with Crippen molar-refractivity contribution >= 4 is 5.97 Å². The summed E-state index contributed by atoms with van der Waals surface area (Å²) in [5.74, 6) is 0.940. The maximum absolute atomic E-state index is 10.4. The fourth-order valence-corrected chi connectivity index (χ4v) is 2.21. The highest BCUT2D eigenvalue weighted by atomic mass is 16.5. The first-order valence-electron chi connectivity index (χ1n) is 6.51. The van der Waals surface area contributed by atoms with Crippen molar-refractivity contribution in [1.82, 2.24) is 10.2 Å². The molecule has 3 rings (SSSR count). The molecule has 1 aliphatic rings. The molecule has 0 bridgehead atoms. The quantitative estimate of drug-likeness (QED) is 0.899. The third-order valence-corrected chi connectivity index (χ3v) is 3.19. The van der Waals surface area contributed by atoms with Gasteiger partial charge < -0.3 is 14.3 Å². The van der Waals surface area contributed by atoms with E-state index in [2.05, 4.69) is 10.2 Å². The number of aromatic nitrogens is 2. The van der Waals surface area contributed by atoms with Gasteiger partial charge in [0.2, 0.25) is 5.89 Å². The second-order valence-electron chi connectivity index (χ2n) is 4.70. The maximum atomic E-state index is 10.4. The zero-order valence-electron chi connectivity index (χ0n) is 10.8. The molecule has 0 aliphatic carbocycles. The van der Waals surface area contributed by atoms with Crippen LogP contribution in [0.3, 0.4) is 0 Å². The van der Waals surface area contributed by atoms with Gasteiger partial charge in [-0.1, -0.05) is 18.2 Å². The molecule has 6 nitrogen and oxygen atoms in total. The minimum Gasteiger partial charge on any atom is -0.481 e. The molecule has 1 atom stereocenters. The summed E-state index contributed by atoms with van der Waals surface area (Å²) in [7, 11) is 0. The summed E-state index contributed by atoms with van der Waals surface area (Å²) >= 11 is 0. The van der Waals surface area contributed by atoms with Gasteiger partial charge in [0.25, 0.3) is 5.89 Å². The van der Waals surface area contributed by atoms with Crippen molar-refractivity contribution in [1.29, 1.82) is 0 Å². The second kappa shape index (κ2) is 5.32. The number of carbonyl (C=O) groups is 1. The number of aryl methyl sites for hydroxylation is 1. The Bertz CT molecular complexity index is 598. The van der Waals surface area contributed by atoms with Crippen LogP contribution < -0.4 is 4.74 Å². The van der Waals surface area contributed by atoms with E-state index in [0.717, 1.165) is 11.3 Å². The Morgan fingerprint density at radius 2 is 2.20 bits per heavy atom. The van der Waals surface area contributed by atoms with Crippen molar-refractivity contribution in [2.24, 2.45) is 0 Å². The molecule has 1 aliphatic heterocycles. The Hall–Kier alpha value is -2.37. The molecule has 0 radical (unpaired) electrons. The predicted molar refractivity (Wildman–Crippen MR) is 68.4 cm³/mol. The zero-order chi connectivity index (χ0) is 13.9. The van der Waals surface area contributed by atoms with E-state index in [1.165, 1.54) is 0 Å². The Morgan fingerprint density at radius 1 is 1.35 bits per heavy atom. The molecule has 0 spiro atoms. The largest absolute Gasteiger partial charge is 0.481 e. The summed E-state index contributed by atoms with van der Waals surface area (Å²) in [6.45, 7) is 0. The van der Waals surface area contributed by atoms with Crippen molar-refractivity contribution in [2.45, 2.75) is 31.8 Å². The number of aliphatic carboxylic acids is 1. The number of rotatable bonds is 5. The van der Waals surface area contributed by atoms with Crippen LogP contribution in [0.4, 0.5) is 0 Å². The topological polar surface area (TPSA) is 85.5 Å². The lowest BCUT2D eigenvalue weighted by Gasteiger charge is -2.04. The van der Waals surface area contributed by atoms with Crippen LogP contribution in [0.2, 0.25) is 0 Å². The summed E-state index contributed by atoms with van der Waals surface area (Å²) < 4.78 is 11.3. The molecule has 0 amide bonds. The Balaban J connectivity index is 1.62. The van der Waals surface area contributed by atoms with Crippen LogP contribution in [0.15, 0.2) is 28.7 Å². The van der Waals surface area contributed by atoms with Crippen molar-refractivity contribution < 1.29 is 19.1 Å². The van der Waals surface area contributed by atoms with E-state index in [9.17, 15) is 4.79 Å². The van der Waals surface area contributed by atoms with E-state index >= 15 is 0 Å². The molecule has 20 heavy (non-hydrogen) atoms. The lowest BCUT2D eigenvalue weighted by Crippen LogP contribution is -2.03. The lowest BCUT2D eigenvalue weighted by molar-refractivity contribution is -0.137. The first kappa shape index (κ1) is 12.7. The predicted octanol–water partition coefficient (Wildman–Crippen LogP) is 2.15. The molecule has 0 saturated heterocycles. The Labute approximate surface area is 115 Å². The van der Waals surface area contributed by atoms with Gasteiger partial charge in [0.15, 0.2) is 6.10 Å². The van der Waals surface area contributed by atoms with Crippen LogP contribution >= 0.6 is 0 Å². The standard InChI is InChI=1S/C14H14N2O4/c17-13(18)7-3-6-12-15-16-14(20-12)11-8-9-4-1-2-5-10(9)19-11/h1-2,4-5,11H,3,6-8H2,(H,17,18). The number of nitrogens with zero attached hydrogens (tertiary/aromatic N) is 2. The summed E-state index contributed by atoms with van der Waals surface area (Å²) in [6.07, 6.45) is 1.53. The van der Waals surface area contributed by atoms with Crippen LogP contribution in [0.5, 0.6) is 5.75 Å². The molecule has 2 aromatic rings. The summed E-state index contributed by atoms with van der Waals surface area (Å²) in [4.78, 5) is 10.4. The van der Waals surface area contributed by atoms with E-state index in [1.807, 2.05) is 24.3 Å². The molecule has 1 aromatic heterocycles. The Kier molecular flexibility index (Phi) is 3.37. The van der Waals surface area contributed by atoms with Gasteiger partial charge in [-0.15, -0.1) is 10.2 Å². The second-order valence-corrected chi connectivity index (χ2v) is 4.70. The van der Waals surface area contributed by atoms with Crippen molar-refractivity contribution in [3.8, 4) is 5.75 Å². The van der Waals surface area contributed by atoms with E-state index in [1.54, 1.807) is 0 Å². The highest BCUT2D eigenvalue weighted by molar-refractivity contribution is 5.66. The first-order chi connectivity index (χ1) is 9.72. The van der Waals surface area contributed by atoms with E-state index < -0.39 is 5.97 Å². The van der Waals surface area contributed by atoms with Gasteiger partial charge in [-0.2, -0.15) is 0 Å². The average molecular weight is 274 g/mol. The number of fused-ring (bicyclic) bond motifs is 1. The molecule has 0 saturated carbocycles. The summed E-state index contributed by atoms with van der Waals surface area (Å²) in [5.41, 5.74) is 1.13. The average Bonchev–Trinajstić information content (AvgIpc) is 3.03. The highest BCUT2D eigenvalue weighted by Crippen LogP contribution is 2.35. The number of carboxylic acids is 1. The number of ether oxygens (including phenoxy) is 1. The fraction of sp³-hybridized carbons (Fsp3) is 0.357. The minimum atomic E-state index is -0.820. The van der Waals surface area contributed by atoms with Gasteiger partial charge in [-0.25, -0.2) is 0 Å². The molecule has 6 heteroatoms. The maximum Gasteiger partial charge on any atom is 0.303 e. The number of hydrogen-bond acceptors (Lipinski definition) is 5. The molecule has 2 heterocycles. The smallest absolute Gasteiger partial charge is 0.303 e. The molecular weight excluding hydrogens is 260 g/mol. The highest BCUT2D eigenvalue weighted by Gasteiger charge is 2.28. The zero-order valence-corrected chi connectivity index (χ0v) is 10.8. The lowest BCUT2D eigenvalue weighted by atomic mass is 10.1. The summed E-state index contributed by atoms with van der Waals surface area (Å²) in [6, 6.07) is 7.82. The fourth-order valence-electron chi connectivity index (χ4n) is 2.21. The van der Waals surface area contributed by atoms with Crippen LogP contribution in [0, 0.1) is 0 Å². The van der Waals surface area contributed by atoms with E-state index in [-0.39, 0.29) is 12.5 Å². The SMILES string of the molecule is O=C(O)CCCc1nnc(C2Cc3ccccc3O2)o1. The van der Waals surface area contributed by atoms with Crippen LogP contribution in [0.25, 0.3) is 0 Å². The molecule has 104 valence electrons. The summed E-state index contributed by atoms with van der Waals surface area (Å²) in [5, 5.41) is 16.5. The van der Waals surface area contributed by atoms with Gasteiger partial charge in [-0.05, 0) is 18.1 Å². The molecule has 0 fully saturated rings. The number of carboxylic acid groups (broad SMARTS) is 1. The monoisotopic (exact) mass is 274 g/mol. The van der Waals surface area contributed by atoms with Crippen molar-refractivity contribution in [3.63, 3.8) is 0 Å². The molecule has 1 unspecified atom stereocenters. The van der Waals surface area contributed by atoms with Gasteiger partial charge >= 0.3 is 5.97 Å². The van der Waals surface area contributed by atoms with Gasteiger partial charge in [0.1, 0.15) is 5.75 Å². The van der Waals surface area contributed by atoms with Gasteiger partial charge in [0, 0.05) is 19.3 Å². The molecule has 1 aromatic carbocycles. The number of benzene rings is 1. The van der Waals surface area contributed by atoms with Crippen LogP contribution in [-0.2, 0) is 17.6 Å². The molecular formula is C14H14N2O4. The number of hydrogen-bond donors (Lipinski definition) is 1.